The van der Waals surface area contributed by atoms with Crippen molar-refractivity contribution in [3.63, 3.8) is 0 Å². The van der Waals surface area contributed by atoms with Gasteiger partial charge in [-0.2, -0.15) is 0 Å². The third-order valence-electron chi connectivity index (χ3n) is 5.89. The van der Waals surface area contributed by atoms with Gasteiger partial charge in [-0.3, -0.25) is 0 Å². The van der Waals surface area contributed by atoms with Gasteiger partial charge in [-0.1, -0.05) is 73.7 Å². The molecule has 1 aliphatic rings. The van der Waals surface area contributed by atoms with E-state index >= 15 is 0 Å². The zero-order chi connectivity index (χ0) is 19.6. The Morgan fingerprint density at radius 1 is 0.821 bits per heavy atom. The molecule has 0 N–H and O–H groups in total. The third kappa shape index (κ3) is 5.94. The smallest absolute Gasteiger partial charge is 0.0721 e. The number of ether oxygens (including phenoxy) is 1. The van der Waals surface area contributed by atoms with E-state index in [4.69, 9.17) is 4.74 Å². The van der Waals surface area contributed by atoms with Crippen molar-refractivity contribution < 1.29 is 4.74 Å². The fourth-order valence-corrected chi connectivity index (χ4v) is 4.22. The number of hydrogen-bond acceptors (Lipinski definition) is 1. The maximum Gasteiger partial charge on any atom is 0.0721 e. The second-order valence-electron chi connectivity index (χ2n) is 7.92. The standard InChI is InChI=1S/C27H34O/c1-3-5-6-20-28-21-23-10-14-25(15-11-23)27-18-16-26(17-19-27)24-12-8-22(7-4-2)9-13-24/h4-6,8-15,26-27H,2-3,7,16-21H2,1H3. The van der Waals surface area contributed by atoms with Gasteiger partial charge in [0.2, 0.25) is 0 Å². The molecule has 28 heavy (non-hydrogen) atoms. The van der Waals surface area contributed by atoms with Crippen LogP contribution in [-0.4, -0.2) is 6.61 Å². The number of benzene rings is 2. The molecule has 0 amide bonds. The average Bonchev–Trinajstić information content (AvgIpc) is 2.75. The largest absolute Gasteiger partial charge is 0.373 e. The molecule has 0 heterocycles. The Labute approximate surface area is 171 Å². The maximum atomic E-state index is 5.70. The topological polar surface area (TPSA) is 9.23 Å². The molecule has 0 aliphatic heterocycles. The lowest BCUT2D eigenvalue weighted by atomic mass is 9.76. The van der Waals surface area contributed by atoms with Gasteiger partial charge in [0.05, 0.1) is 13.2 Å². The monoisotopic (exact) mass is 374 g/mol. The quantitative estimate of drug-likeness (QED) is 0.329. The number of rotatable bonds is 9. The fraction of sp³-hybridized carbons (Fsp3) is 0.407. The van der Waals surface area contributed by atoms with E-state index in [0.717, 1.165) is 18.8 Å². The van der Waals surface area contributed by atoms with E-state index in [1.54, 1.807) is 0 Å². The molecule has 0 bridgehead atoms. The van der Waals surface area contributed by atoms with Gasteiger partial charge in [0.1, 0.15) is 0 Å². The molecular weight excluding hydrogens is 340 g/mol. The van der Waals surface area contributed by atoms with Crippen LogP contribution in [-0.2, 0) is 17.8 Å². The van der Waals surface area contributed by atoms with Crippen molar-refractivity contribution in [2.24, 2.45) is 0 Å². The van der Waals surface area contributed by atoms with Gasteiger partial charge in [0, 0.05) is 0 Å². The molecule has 0 radical (unpaired) electrons. The fourth-order valence-electron chi connectivity index (χ4n) is 4.22. The van der Waals surface area contributed by atoms with Crippen molar-refractivity contribution in [1.29, 1.82) is 0 Å². The molecule has 1 aliphatic carbocycles. The van der Waals surface area contributed by atoms with Crippen molar-refractivity contribution >= 4 is 0 Å². The van der Waals surface area contributed by atoms with Crippen LogP contribution in [0.2, 0.25) is 0 Å². The third-order valence-corrected chi connectivity index (χ3v) is 5.89. The van der Waals surface area contributed by atoms with Crippen LogP contribution in [0.15, 0.2) is 73.3 Å². The summed E-state index contributed by atoms with van der Waals surface area (Å²) >= 11 is 0. The minimum Gasteiger partial charge on any atom is -0.373 e. The van der Waals surface area contributed by atoms with Gasteiger partial charge in [-0.15, -0.1) is 6.58 Å². The maximum absolute atomic E-state index is 5.70. The Bertz CT molecular complexity index is 731. The van der Waals surface area contributed by atoms with Crippen LogP contribution in [0.25, 0.3) is 0 Å². The van der Waals surface area contributed by atoms with Crippen LogP contribution in [0.5, 0.6) is 0 Å². The first-order chi connectivity index (χ1) is 13.8. The van der Waals surface area contributed by atoms with Crippen molar-refractivity contribution in [3.8, 4) is 0 Å². The summed E-state index contributed by atoms with van der Waals surface area (Å²) in [5, 5.41) is 0. The highest BCUT2D eigenvalue weighted by atomic mass is 16.5. The molecule has 1 saturated carbocycles. The first-order valence-corrected chi connectivity index (χ1v) is 10.8. The Morgan fingerprint density at radius 3 is 1.86 bits per heavy atom. The molecule has 1 heteroatoms. The lowest BCUT2D eigenvalue weighted by Gasteiger charge is -2.29. The average molecular weight is 375 g/mol. The van der Waals surface area contributed by atoms with E-state index in [2.05, 4.69) is 74.2 Å². The van der Waals surface area contributed by atoms with Gasteiger partial charge in [0.25, 0.3) is 0 Å². The van der Waals surface area contributed by atoms with E-state index < -0.39 is 0 Å². The molecule has 2 aromatic carbocycles. The van der Waals surface area contributed by atoms with Crippen LogP contribution in [0.4, 0.5) is 0 Å². The highest BCUT2D eigenvalue weighted by Crippen LogP contribution is 2.40. The molecule has 0 unspecified atom stereocenters. The van der Waals surface area contributed by atoms with Crippen LogP contribution >= 0.6 is 0 Å². The lowest BCUT2D eigenvalue weighted by molar-refractivity contribution is 0.148. The van der Waals surface area contributed by atoms with Gasteiger partial charge >= 0.3 is 0 Å². The van der Waals surface area contributed by atoms with E-state index in [-0.39, 0.29) is 0 Å². The normalized spacial score (nSPS) is 19.8. The van der Waals surface area contributed by atoms with E-state index in [1.165, 1.54) is 47.9 Å². The van der Waals surface area contributed by atoms with Crippen molar-refractivity contribution in [2.45, 2.75) is 63.9 Å². The summed E-state index contributed by atoms with van der Waals surface area (Å²) in [6.45, 7) is 7.37. The lowest BCUT2D eigenvalue weighted by Crippen LogP contribution is -2.12. The summed E-state index contributed by atoms with van der Waals surface area (Å²) in [4.78, 5) is 0. The zero-order valence-electron chi connectivity index (χ0n) is 17.3. The van der Waals surface area contributed by atoms with Crippen molar-refractivity contribution in [2.75, 3.05) is 6.61 Å². The summed E-state index contributed by atoms with van der Waals surface area (Å²) in [5.41, 5.74) is 5.63. The first kappa shape index (κ1) is 20.6. The Hall–Kier alpha value is -2.12. The van der Waals surface area contributed by atoms with Gasteiger partial charge in [-0.25, -0.2) is 0 Å². The Balaban J connectivity index is 1.47. The summed E-state index contributed by atoms with van der Waals surface area (Å²) in [5.74, 6) is 1.43. The minimum absolute atomic E-state index is 0.697. The molecule has 148 valence electrons. The molecule has 0 saturated heterocycles. The molecule has 1 fully saturated rings. The highest BCUT2D eigenvalue weighted by Gasteiger charge is 2.23. The predicted octanol–water partition coefficient (Wildman–Crippen LogP) is 7.34. The van der Waals surface area contributed by atoms with Crippen LogP contribution in [0.3, 0.4) is 0 Å². The van der Waals surface area contributed by atoms with Crippen molar-refractivity contribution in [3.05, 3.63) is 95.6 Å². The Morgan fingerprint density at radius 2 is 1.36 bits per heavy atom. The molecule has 1 nitrogen and oxygen atoms in total. The summed E-state index contributed by atoms with van der Waals surface area (Å²) in [6, 6.07) is 18.3. The molecule has 0 aromatic heterocycles. The summed E-state index contributed by atoms with van der Waals surface area (Å²) in [6.07, 6.45) is 13.4. The zero-order valence-corrected chi connectivity index (χ0v) is 17.3. The van der Waals surface area contributed by atoms with E-state index in [9.17, 15) is 0 Å². The van der Waals surface area contributed by atoms with Crippen LogP contribution in [0, 0.1) is 0 Å². The molecule has 0 atom stereocenters. The highest BCUT2D eigenvalue weighted by molar-refractivity contribution is 5.29. The van der Waals surface area contributed by atoms with E-state index in [1.807, 2.05) is 6.08 Å². The molecular formula is C27H34O. The second-order valence-corrected chi connectivity index (χ2v) is 7.92. The molecule has 2 aromatic rings. The SMILES string of the molecule is C=CCc1ccc(C2CCC(c3ccc(COCC=CCC)cc3)CC2)cc1. The predicted molar refractivity (Wildman–Crippen MR) is 120 cm³/mol. The second kappa shape index (κ2) is 11.0. The molecule has 0 spiro atoms. The number of allylic oxidation sites excluding steroid dienone is 2. The van der Waals surface area contributed by atoms with Gasteiger partial charge in [0.15, 0.2) is 0 Å². The van der Waals surface area contributed by atoms with Gasteiger partial charge in [-0.05, 0) is 72.6 Å². The first-order valence-electron chi connectivity index (χ1n) is 10.8. The van der Waals surface area contributed by atoms with Crippen LogP contribution in [0.1, 0.15) is 73.1 Å². The summed E-state index contributed by atoms with van der Waals surface area (Å²) < 4.78 is 5.70. The molecule has 3 rings (SSSR count). The van der Waals surface area contributed by atoms with E-state index in [0.29, 0.717) is 19.1 Å². The van der Waals surface area contributed by atoms with Crippen LogP contribution < -0.4 is 0 Å². The number of hydrogen-bond donors (Lipinski definition) is 0. The van der Waals surface area contributed by atoms with Crippen molar-refractivity contribution in [1.82, 2.24) is 0 Å². The summed E-state index contributed by atoms with van der Waals surface area (Å²) in [7, 11) is 0. The minimum atomic E-state index is 0.697. The van der Waals surface area contributed by atoms with Gasteiger partial charge < -0.3 is 4.74 Å². The Kier molecular flexibility index (Phi) is 8.11.